The summed E-state index contributed by atoms with van der Waals surface area (Å²) >= 11 is 1.41. The van der Waals surface area contributed by atoms with E-state index in [1.165, 1.54) is 23.5 Å². The van der Waals surface area contributed by atoms with Gasteiger partial charge >= 0.3 is 0 Å². The van der Waals surface area contributed by atoms with Gasteiger partial charge in [0.25, 0.3) is 5.91 Å². The van der Waals surface area contributed by atoms with E-state index in [0.717, 1.165) is 4.70 Å². The van der Waals surface area contributed by atoms with E-state index >= 15 is 0 Å². The Morgan fingerprint density at radius 1 is 1.09 bits per heavy atom. The summed E-state index contributed by atoms with van der Waals surface area (Å²) in [4.78, 5) is 21.9. The Morgan fingerprint density at radius 2 is 1.81 bits per heavy atom. The van der Waals surface area contributed by atoms with Gasteiger partial charge in [-0.15, -0.1) is 12.4 Å². The van der Waals surface area contributed by atoms with Crippen molar-refractivity contribution in [3.63, 3.8) is 0 Å². The summed E-state index contributed by atoms with van der Waals surface area (Å²) in [6, 6.07) is 11.9. The van der Waals surface area contributed by atoms with Crippen molar-refractivity contribution in [2.75, 3.05) is 44.4 Å². The number of ether oxygens (including phenoxy) is 1. The van der Waals surface area contributed by atoms with E-state index in [-0.39, 0.29) is 29.0 Å². The van der Waals surface area contributed by atoms with Gasteiger partial charge in [-0.25, -0.2) is 13.4 Å². The molecule has 0 N–H and O–H groups in total. The van der Waals surface area contributed by atoms with E-state index in [2.05, 4.69) is 0 Å². The van der Waals surface area contributed by atoms with Crippen LogP contribution < -0.4 is 9.64 Å². The fourth-order valence-electron chi connectivity index (χ4n) is 3.03. The first kappa shape index (κ1) is 26.1. The molecule has 0 fully saturated rings. The number of amides is 1. The highest BCUT2D eigenvalue weighted by Crippen LogP contribution is 2.34. The first-order valence-electron chi connectivity index (χ1n) is 10.1. The van der Waals surface area contributed by atoms with E-state index in [9.17, 15) is 13.2 Å². The molecule has 0 aliphatic carbocycles. The molecule has 0 aliphatic rings. The number of rotatable bonds is 9. The maximum Gasteiger partial charge on any atom is 0.260 e. The highest BCUT2D eigenvalue weighted by Gasteiger charge is 2.24. The number of halogens is 1. The number of likely N-dealkylation sites (N-methyl/N-ethyl adjacent to an activating group) is 1. The Balaban J connectivity index is 0.00000363. The number of carbonyl (C=O) groups excluding carboxylic acids is 1. The van der Waals surface area contributed by atoms with Gasteiger partial charge in [0.1, 0.15) is 11.3 Å². The summed E-state index contributed by atoms with van der Waals surface area (Å²) in [5.74, 6) is 0.373. The van der Waals surface area contributed by atoms with Crippen LogP contribution in [0.3, 0.4) is 0 Å². The third kappa shape index (κ3) is 5.78. The smallest absolute Gasteiger partial charge is 0.260 e. The van der Waals surface area contributed by atoms with Crippen molar-refractivity contribution in [1.82, 2.24) is 9.88 Å². The van der Waals surface area contributed by atoms with Gasteiger partial charge in [0, 0.05) is 18.7 Å². The molecule has 2 aromatic carbocycles. The van der Waals surface area contributed by atoms with Crippen LogP contribution in [0, 0.1) is 0 Å². The van der Waals surface area contributed by atoms with Crippen LogP contribution in [0.15, 0.2) is 47.4 Å². The fourth-order valence-corrected chi connectivity index (χ4v) is 4.96. The SMILES string of the molecule is CCOc1cccc2sc(N(CCN(C)C)C(=O)c3cccc(S(=O)(=O)CC)c3)nc12.Cl. The number of carbonyl (C=O) groups is 1. The molecule has 1 amide bonds. The van der Waals surface area contributed by atoms with Gasteiger partial charge in [-0.2, -0.15) is 0 Å². The normalized spacial score (nSPS) is 11.4. The second-order valence-corrected chi connectivity index (χ2v) is 10.5. The topological polar surface area (TPSA) is 79.8 Å². The number of aromatic nitrogens is 1. The van der Waals surface area contributed by atoms with E-state index in [0.29, 0.717) is 41.7 Å². The highest BCUT2D eigenvalue weighted by molar-refractivity contribution is 7.91. The number of fused-ring (bicyclic) bond motifs is 1. The van der Waals surface area contributed by atoms with E-state index < -0.39 is 9.84 Å². The lowest BCUT2D eigenvalue weighted by Crippen LogP contribution is -2.36. The number of para-hydroxylation sites is 1. The molecule has 0 unspecified atom stereocenters. The van der Waals surface area contributed by atoms with Crippen LogP contribution in [-0.4, -0.2) is 63.8 Å². The van der Waals surface area contributed by atoms with E-state index in [1.807, 2.05) is 44.1 Å². The Labute approximate surface area is 199 Å². The van der Waals surface area contributed by atoms with Crippen molar-refractivity contribution in [3.8, 4) is 5.75 Å². The van der Waals surface area contributed by atoms with Crippen LogP contribution in [0.2, 0.25) is 0 Å². The Kier molecular flexibility index (Phi) is 9.03. The summed E-state index contributed by atoms with van der Waals surface area (Å²) in [5.41, 5.74) is 1.03. The Hall–Kier alpha value is -2.20. The zero-order valence-electron chi connectivity index (χ0n) is 18.6. The average molecular weight is 498 g/mol. The van der Waals surface area contributed by atoms with Crippen molar-refractivity contribution in [1.29, 1.82) is 0 Å². The van der Waals surface area contributed by atoms with E-state index in [4.69, 9.17) is 9.72 Å². The maximum atomic E-state index is 13.5. The molecule has 0 radical (unpaired) electrons. The monoisotopic (exact) mass is 497 g/mol. The van der Waals surface area contributed by atoms with Crippen molar-refractivity contribution in [2.45, 2.75) is 18.7 Å². The zero-order valence-corrected chi connectivity index (χ0v) is 21.0. The number of hydrogen-bond donors (Lipinski definition) is 0. The minimum Gasteiger partial charge on any atom is -0.492 e. The molecule has 0 bridgehead atoms. The molecule has 32 heavy (non-hydrogen) atoms. The molecular weight excluding hydrogens is 470 g/mol. The largest absolute Gasteiger partial charge is 0.492 e. The number of anilines is 1. The summed E-state index contributed by atoms with van der Waals surface area (Å²) < 4.78 is 31.2. The van der Waals surface area contributed by atoms with Gasteiger partial charge in [-0.1, -0.05) is 30.4 Å². The minimum atomic E-state index is -3.41. The lowest BCUT2D eigenvalue weighted by atomic mass is 10.2. The first-order valence-corrected chi connectivity index (χ1v) is 12.6. The highest BCUT2D eigenvalue weighted by atomic mass is 35.5. The lowest BCUT2D eigenvalue weighted by Gasteiger charge is -2.22. The molecule has 1 heterocycles. The van der Waals surface area contributed by atoms with Gasteiger partial charge in [0.15, 0.2) is 15.0 Å². The molecule has 0 saturated carbocycles. The van der Waals surface area contributed by atoms with E-state index in [1.54, 1.807) is 24.0 Å². The third-order valence-electron chi connectivity index (χ3n) is 4.74. The molecule has 3 rings (SSSR count). The molecule has 0 atom stereocenters. The molecule has 10 heteroatoms. The molecule has 3 aromatic rings. The Morgan fingerprint density at radius 3 is 2.47 bits per heavy atom. The second kappa shape index (κ2) is 11.1. The molecule has 0 aliphatic heterocycles. The quantitative estimate of drug-likeness (QED) is 0.442. The standard InChI is InChI=1S/C22H27N3O4S2.ClH/c1-5-29-18-11-8-12-19-20(18)23-22(30-19)25(14-13-24(3)4)21(26)16-9-7-10-17(15-16)31(27,28)6-2;/h7-12,15H,5-6,13-14H2,1-4H3;1H. The second-order valence-electron chi connectivity index (χ2n) is 7.22. The maximum absolute atomic E-state index is 13.5. The van der Waals surface area contributed by atoms with Crippen LogP contribution in [0.1, 0.15) is 24.2 Å². The van der Waals surface area contributed by atoms with Crippen molar-refractivity contribution in [3.05, 3.63) is 48.0 Å². The number of sulfone groups is 1. The molecular formula is C22H28ClN3O4S2. The van der Waals surface area contributed by atoms with Gasteiger partial charge < -0.3 is 9.64 Å². The molecule has 0 spiro atoms. The minimum absolute atomic E-state index is 0. The number of nitrogens with zero attached hydrogens (tertiary/aromatic N) is 3. The number of thiazole rings is 1. The van der Waals surface area contributed by atoms with Crippen LogP contribution in [-0.2, 0) is 9.84 Å². The van der Waals surface area contributed by atoms with Crippen LogP contribution in [0.4, 0.5) is 5.13 Å². The average Bonchev–Trinajstić information content (AvgIpc) is 3.19. The predicted molar refractivity (Wildman–Crippen MR) is 132 cm³/mol. The molecule has 0 saturated heterocycles. The third-order valence-corrected chi connectivity index (χ3v) is 7.51. The van der Waals surface area contributed by atoms with Crippen LogP contribution in [0.5, 0.6) is 5.75 Å². The number of benzene rings is 2. The van der Waals surface area contributed by atoms with Gasteiger partial charge in [0.2, 0.25) is 0 Å². The van der Waals surface area contributed by atoms with Crippen molar-refractivity contribution < 1.29 is 17.9 Å². The summed E-state index contributed by atoms with van der Waals surface area (Å²) in [6.07, 6.45) is 0. The molecule has 7 nitrogen and oxygen atoms in total. The van der Waals surface area contributed by atoms with Gasteiger partial charge in [-0.3, -0.25) is 9.69 Å². The van der Waals surface area contributed by atoms with Gasteiger partial charge in [-0.05, 0) is 51.4 Å². The van der Waals surface area contributed by atoms with Gasteiger partial charge in [0.05, 0.1) is 22.0 Å². The Bertz CT molecular complexity index is 1180. The number of hydrogen-bond acceptors (Lipinski definition) is 7. The van der Waals surface area contributed by atoms with Crippen LogP contribution in [0.25, 0.3) is 10.2 Å². The fraction of sp³-hybridized carbons (Fsp3) is 0.364. The predicted octanol–water partition coefficient (Wildman–Crippen LogP) is 4.12. The molecule has 174 valence electrons. The van der Waals surface area contributed by atoms with Crippen molar-refractivity contribution in [2.24, 2.45) is 0 Å². The summed E-state index contributed by atoms with van der Waals surface area (Å²) in [5, 5.41) is 0.553. The summed E-state index contributed by atoms with van der Waals surface area (Å²) in [6.45, 7) is 5.07. The van der Waals surface area contributed by atoms with Crippen LogP contribution >= 0.6 is 23.7 Å². The lowest BCUT2D eigenvalue weighted by molar-refractivity contribution is 0.0985. The zero-order chi connectivity index (χ0) is 22.6. The van der Waals surface area contributed by atoms with Crippen molar-refractivity contribution >= 4 is 54.8 Å². The molecule has 1 aromatic heterocycles. The first-order chi connectivity index (χ1) is 14.8. The summed E-state index contributed by atoms with van der Waals surface area (Å²) in [7, 11) is 0.455.